The number of carbonyl (C=O) groups excluding carboxylic acids is 1. The number of aromatic amines is 1. The van der Waals surface area contributed by atoms with Crippen LogP contribution in [-0.2, 0) is 16.4 Å². The molecule has 1 aliphatic rings. The highest BCUT2D eigenvalue weighted by molar-refractivity contribution is 7.91. The zero-order chi connectivity index (χ0) is 19.4. The molecule has 27 heavy (non-hydrogen) atoms. The van der Waals surface area contributed by atoms with Crippen molar-refractivity contribution in [1.82, 2.24) is 15.1 Å². The zero-order valence-corrected chi connectivity index (χ0v) is 16.3. The van der Waals surface area contributed by atoms with Crippen LogP contribution in [0.1, 0.15) is 41.0 Å². The molecule has 7 nitrogen and oxygen atoms in total. The lowest BCUT2D eigenvalue weighted by molar-refractivity contribution is 0.0726. The van der Waals surface area contributed by atoms with Gasteiger partial charge in [0.2, 0.25) is 0 Å². The Balaban J connectivity index is 1.71. The minimum atomic E-state index is -2.88. The number of hydrogen-bond donors (Lipinski definition) is 2. The van der Waals surface area contributed by atoms with Crippen LogP contribution in [0.3, 0.4) is 0 Å². The smallest absolute Gasteiger partial charge is 0.274 e. The number of nitrogens with one attached hydrogen (secondary N) is 1. The molecule has 3 N–H and O–H groups in total. The Labute approximate surface area is 159 Å². The first-order chi connectivity index (χ1) is 12.8. The highest BCUT2D eigenvalue weighted by Gasteiger charge is 2.26. The number of sulfone groups is 1. The van der Waals surface area contributed by atoms with Gasteiger partial charge in [-0.05, 0) is 49.8 Å². The molecule has 3 rings (SSSR count). The average Bonchev–Trinajstić information content (AvgIpc) is 3.07. The average molecular weight is 391 g/mol. The third-order valence-corrected chi connectivity index (χ3v) is 6.83. The van der Waals surface area contributed by atoms with E-state index >= 15 is 0 Å². The summed E-state index contributed by atoms with van der Waals surface area (Å²) >= 11 is 0. The van der Waals surface area contributed by atoms with Crippen LogP contribution >= 0.6 is 0 Å². The van der Waals surface area contributed by atoms with Gasteiger partial charge in [-0.25, -0.2) is 8.42 Å². The van der Waals surface area contributed by atoms with Crippen LogP contribution in [0.15, 0.2) is 30.3 Å². The summed E-state index contributed by atoms with van der Waals surface area (Å²) in [6.45, 7) is 2.80. The second-order valence-corrected chi connectivity index (χ2v) is 9.55. The van der Waals surface area contributed by atoms with Gasteiger partial charge in [-0.15, -0.1) is 0 Å². The lowest BCUT2D eigenvalue weighted by Gasteiger charge is -2.27. The molecule has 0 saturated carbocycles. The van der Waals surface area contributed by atoms with Gasteiger partial charge in [-0.2, -0.15) is 5.10 Å². The van der Waals surface area contributed by atoms with E-state index < -0.39 is 9.84 Å². The normalized spacial score (nSPS) is 16.9. The van der Waals surface area contributed by atoms with E-state index in [0.29, 0.717) is 43.2 Å². The van der Waals surface area contributed by atoms with E-state index in [4.69, 9.17) is 5.73 Å². The van der Waals surface area contributed by atoms with Gasteiger partial charge in [-0.3, -0.25) is 9.89 Å². The number of anilines is 1. The molecular formula is C19H26N4O3S. The van der Waals surface area contributed by atoms with Gasteiger partial charge in [0.25, 0.3) is 5.91 Å². The van der Waals surface area contributed by atoms with Gasteiger partial charge in [0.15, 0.2) is 0 Å². The highest BCUT2D eigenvalue weighted by atomic mass is 32.2. The standard InChI is InChI=1S/C19H26N4O3S/c1-14-12-18(22-21-14)19(24)23(13-16-4-2-3-5-17(16)20)9-6-15-7-10-27(25,26)11-8-15/h2-5,12,15H,6-11,13,20H2,1H3,(H,21,22). The van der Waals surface area contributed by atoms with Crippen LogP contribution in [0.2, 0.25) is 0 Å². The first-order valence-corrected chi connectivity index (χ1v) is 11.0. The third-order valence-electron chi connectivity index (χ3n) is 5.11. The predicted molar refractivity (Wildman–Crippen MR) is 105 cm³/mol. The van der Waals surface area contributed by atoms with E-state index in [9.17, 15) is 13.2 Å². The minimum absolute atomic E-state index is 0.147. The van der Waals surface area contributed by atoms with E-state index in [1.54, 1.807) is 11.0 Å². The van der Waals surface area contributed by atoms with Crippen molar-refractivity contribution < 1.29 is 13.2 Å². The zero-order valence-electron chi connectivity index (χ0n) is 15.5. The maximum atomic E-state index is 13.0. The number of benzene rings is 1. The van der Waals surface area contributed by atoms with Crippen molar-refractivity contribution in [2.24, 2.45) is 5.92 Å². The number of amides is 1. The lowest BCUT2D eigenvalue weighted by Crippen LogP contribution is -2.34. The van der Waals surface area contributed by atoms with E-state index in [1.807, 2.05) is 31.2 Å². The summed E-state index contributed by atoms with van der Waals surface area (Å²) < 4.78 is 23.2. The number of carbonyl (C=O) groups is 1. The van der Waals surface area contributed by atoms with Crippen molar-refractivity contribution in [3.63, 3.8) is 0 Å². The van der Waals surface area contributed by atoms with E-state index in [0.717, 1.165) is 17.7 Å². The second kappa shape index (κ2) is 8.12. The number of para-hydroxylation sites is 1. The molecule has 8 heteroatoms. The largest absolute Gasteiger partial charge is 0.398 e. The molecule has 1 aromatic carbocycles. The Morgan fingerprint density at radius 1 is 1.30 bits per heavy atom. The summed E-state index contributed by atoms with van der Waals surface area (Å²) in [7, 11) is -2.88. The number of H-pyrrole nitrogens is 1. The summed E-state index contributed by atoms with van der Waals surface area (Å²) in [5, 5.41) is 6.89. The van der Waals surface area contributed by atoms with Crippen LogP contribution in [0, 0.1) is 12.8 Å². The number of nitrogens with zero attached hydrogens (tertiary/aromatic N) is 2. The fourth-order valence-electron chi connectivity index (χ4n) is 3.39. The highest BCUT2D eigenvalue weighted by Crippen LogP contribution is 2.23. The van der Waals surface area contributed by atoms with Crippen molar-refractivity contribution in [2.45, 2.75) is 32.7 Å². The monoisotopic (exact) mass is 390 g/mol. The number of aryl methyl sites for hydroxylation is 1. The molecule has 0 spiro atoms. The molecule has 1 amide bonds. The molecular weight excluding hydrogens is 364 g/mol. The molecule has 2 aromatic rings. The molecule has 0 unspecified atom stereocenters. The first-order valence-electron chi connectivity index (χ1n) is 9.19. The van der Waals surface area contributed by atoms with Crippen molar-refractivity contribution in [3.8, 4) is 0 Å². The summed E-state index contributed by atoms with van der Waals surface area (Å²) in [6.07, 6.45) is 2.11. The lowest BCUT2D eigenvalue weighted by atomic mass is 9.98. The molecule has 0 atom stereocenters. The maximum absolute atomic E-state index is 13.0. The maximum Gasteiger partial charge on any atom is 0.274 e. The second-order valence-electron chi connectivity index (χ2n) is 7.25. The van der Waals surface area contributed by atoms with Crippen molar-refractivity contribution in [1.29, 1.82) is 0 Å². The molecule has 0 radical (unpaired) electrons. The molecule has 146 valence electrons. The van der Waals surface area contributed by atoms with E-state index in [2.05, 4.69) is 10.2 Å². The Hall–Kier alpha value is -2.35. The summed E-state index contributed by atoms with van der Waals surface area (Å²) in [6, 6.07) is 9.24. The number of rotatable bonds is 6. The molecule has 0 aliphatic carbocycles. The topological polar surface area (TPSA) is 109 Å². The molecule has 0 bridgehead atoms. The van der Waals surface area contributed by atoms with Gasteiger partial charge >= 0.3 is 0 Å². The Kier molecular flexibility index (Phi) is 5.84. The summed E-state index contributed by atoms with van der Waals surface area (Å²) in [4.78, 5) is 14.7. The Morgan fingerprint density at radius 2 is 2.00 bits per heavy atom. The fraction of sp³-hybridized carbons (Fsp3) is 0.474. The van der Waals surface area contributed by atoms with Gasteiger partial charge in [0.1, 0.15) is 15.5 Å². The quantitative estimate of drug-likeness (QED) is 0.735. The van der Waals surface area contributed by atoms with Crippen molar-refractivity contribution >= 4 is 21.4 Å². The van der Waals surface area contributed by atoms with E-state index in [1.165, 1.54) is 0 Å². The molecule has 1 saturated heterocycles. The van der Waals surface area contributed by atoms with Crippen LogP contribution < -0.4 is 5.73 Å². The van der Waals surface area contributed by atoms with Crippen molar-refractivity contribution in [3.05, 3.63) is 47.3 Å². The first kappa shape index (κ1) is 19.4. The Morgan fingerprint density at radius 3 is 2.63 bits per heavy atom. The number of nitrogen functional groups attached to an aromatic ring is 1. The molecule has 1 fully saturated rings. The van der Waals surface area contributed by atoms with Crippen LogP contribution in [-0.4, -0.2) is 47.5 Å². The summed E-state index contributed by atoms with van der Waals surface area (Å²) in [5.41, 5.74) is 8.81. The van der Waals surface area contributed by atoms with Gasteiger partial charge in [0, 0.05) is 24.5 Å². The molecule has 2 heterocycles. The predicted octanol–water partition coefficient (Wildman–Crippen LogP) is 2.16. The molecule has 1 aliphatic heterocycles. The minimum Gasteiger partial charge on any atom is -0.398 e. The number of nitrogens with two attached hydrogens (primary N) is 1. The molecule has 1 aromatic heterocycles. The Bertz CT molecular complexity index is 893. The van der Waals surface area contributed by atoms with Gasteiger partial charge in [-0.1, -0.05) is 18.2 Å². The van der Waals surface area contributed by atoms with Crippen LogP contribution in [0.5, 0.6) is 0 Å². The fourth-order valence-corrected chi connectivity index (χ4v) is 4.98. The van der Waals surface area contributed by atoms with Gasteiger partial charge < -0.3 is 10.6 Å². The SMILES string of the molecule is Cc1cc(C(=O)N(CCC2CCS(=O)(=O)CC2)Cc2ccccc2N)n[nH]1. The number of aromatic nitrogens is 2. The summed E-state index contributed by atoms with van der Waals surface area (Å²) in [5.74, 6) is 0.662. The van der Waals surface area contributed by atoms with Gasteiger partial charge in [0.05, 0.1) is 11.5 Å². The van der Waals surface area contributed by atoms with Crippen molar-refractivity contribution in [2.75, 3.05) is 23.8 Å². The van der Waals surface area contributed by atoms with Crippen LogP contribution in [0.25, 0.3) is 0 Å². The number of hydrogen-bond acceptors (Lipinski definition) is 5. The van der Waals surface area contributed by atoms with Crippen LogP contribution in [0.4, 0.5) is 5.69 Å². The third kappa shape index (κ3) is 5.09. The van der Waals surface area contributed by atoms with E-state index in [-0.39, 0.29) is 17.4 Å².